The Morgan fingerprint density at radius 2 is 2.26 bits per heavy atom. The summed E-state index contributed by atoms with van der Waals surface area (Å²) in [5, 5.41) is 11.8. The van der Waals surface area contributed by atoms with Crippen molar-refractivity contribution in [3.63, 3.8) is 0 Å². The lowest BCUT2D eigenvalue weighted by Gasteiger charge is -2.30. The van der Waals surface area contributed by atoms with E-state index < -0.39 is 0 Å². The predicted molar refractivity (Wildman–Crippen MR) is 72.2 cm³/mol. The van der Waals surface area contributed by atoms with Crippen molar-refractivity contribution in [3.05, 3.63) is 23.9 Å². The third-order valence-corrected chi connectivity index (χ3v) is 3.50. The van der Waals surface area contributed by atoms with Crippen molar-refractivity contribution < 1.29 is 9.94 Å². The van der Waals surface area contributed by atoms with E-state index in [0.717, 1.165) is 38.2 Å². The highest BCUT2D eigenvalue weighted by atomic mass is 16.5. The normalized spacial score (nSPS) is 18.5. The first-order valence-corrected chi connectivity index (χ1v) is 6.42. The average molecular weight is 264 g/mol. The van der Waals surface area contributed by atoms with Crippen LogP contribution in [-0.4, -0.2) is 41.1 Å². The number of oxime groups is 1. The van der Waals surface area contributed by atoms with Crippen LogP contribution in [0.15, 0.2) is 23.4 Å². The number of amidine groups is 1. The van der Waals surface area contributed by atoms with Gasteiger partial charge in [-0.3, -0.25) is 4.90 Å². The van der Waals surface area contributed by atoms with Gasteiger partial charge in [0, 0.05) is 18.5 Å². The number of nitrogens with two attached hydrogens (primary N) is 1. The summed E-state index contributed by atoms with van der Waals surface area (Å²) >= 11 is 0. The van der Waals surface area contributed by atoms with Gasteiger partial charge in [0.15, 0.2) is 0 Å². The molecule has 0 atom stereocenters. The molecule has 2 heterocycles. The fourth-order valence-electron chi connectivity index (χ4n) is 2.36. The van der Waals surface area contributed by atoms with E-state index in [1.165, 1.54) is 0 Å². The van der Waals surface area contributed by atoms with Gasteiger partial charge in [-0.25, -0.2) is 4.98 Å². The minimum Gasteiger partial charge on any atom is -0.481 e. The van der Waals surface area contributed by atoms with Crippen molar-refractivity contribution in [1.29, 1.82) is 0 Å². The van der Waals surface area contributed by atoms with E-state index in [-0.39, 0.29) is 5.92 Å². The third kappa shape index (κ3) is 3.57. The Labute approximate surface area is 112 Å². The molecule has 0 bridgehead atoms. The van der Waals surface area contributed by atoms with E-state index in [2.05, 4.69) is 15.0 Å². The van der Waals surface area contributed by atoms with E-state index in [9.17, 15) is 0 Å². The number of hydrogen-bond acceptors (Lipinski definition) is 5. The Morgan fingerprint density at radius 1 is 1.53 bits per heavy atom. The highest BCUT2D eigenvalue weighted by Crippen LogP contribution is 2.19. The molecule has 1 fully saturated rings. The smallest absolute Gasteiger partial charge is 0.213 e. The van der Waals surface area contributed by atoms with Gasteiger partial charge in [-0.05, 0) is 32.0 Å². The molecule has 19 heavy (non-hydrogen) atoms. The molecule has 2 rings (SSSR count). The maximum atomic E-state index is 8.67. The summed E-state index contributed by atoms with van der Waals surface area (Å²) in [6, 6.07) is 5.79. The molecule has 104 valence electrons. The van der Waals surface area contributed by atoms with Gasteiger partial charge >= 0.3 is 0 Å². The number of ether oxygens (including phenoxy) is 1. The van der Waals surface area contributed by atoms with Crippen molar-refractivity contribution in [1.82, 2.24) is 9.88 Å². The van der Waals surface area contributed by atoms with Gasteiger partial charge in [-0.15, -0.1) is 0 Å². The molecular formula is C13H20N4O2. The molecule has 6 nitrogen and oxygen atoms in total. The van der Waals surface area contributed by atoms with Crippen molar-refractivity contribution >= 4 is 5.84 Å². The minimum absolute atomic E-state index is 0.194. The lowest BCUT2D eigenvalue weighted by molar-refractivity contribution is 0.196. The summed E-state index contributed by atoms with van der Waals surface area (Å²) in [6.07, 6.45) is 1.83. The van der Waals surface area contributed by atoms with Crippen molar-refractivity contribution in [2.24, 2.45) is 16.8 Å². The topological polar surface area (TPSA) is 84.0 Å². The number of piperidine rings is 1. The third-order valence-electron chi connectivity index (χ3n) is 3.50. The first kappa shape index (κ1) is 13.6. The van der Waals surface area contributed by atoms with E-state index in [1.807, 2.05) is 18.2 Å². The molecule has 0 unspecified atom stereocenters. The highest BCUT2D eigenvalue weighted by molar-refractivity contribution is 5.82. The zero-order chi connectivity index (χ0) is 13.7. The molecule has 1 aliphatic heterocycles. The first-order chi connectivity index (χ1) is 9.22. The van der Waals surface area contributed by atoms with Gasteiger partial charge in [-0.1, -0.05) is 11.2 Å². The first-order valence-electron chi connectivity index (χ1n) is 6.42. The maximum absolute atomic E-state index is 8.67. The molecule has 6 heteroatoms. The number of likely N-dealkylation sites (tertiary alicyclic amines) is 1. The van der Waals surface area contributed by atoms with Crippen LogP contribution in [0.2, 0.25) is 0 Å². The molecule has 1 saturated heterocycles. The Balaban J connectivity index is 1.88. The Bertz CT molecular complexity index is 442. The standard InChI is InChI=1S/C13H20N4O2/c1-19-12-4-2-3-11(15-12)9-17-7-5-10(6-8-17)13(14)16-18/h2-4,10,18H,5-9H2,1H3,(H2,14,16). The van der Waals surface area contributed by atoms with Gasteiger partial charge in [0.1, 0.15) is 5.84 Å². The molecule has 0 saturated carbocycles. The zero-order valence-corrected chi connectivity index (χ0v) is 11.1. The molecule has 3 N–H and O–H groups in total. The molecule has 1 aromatic rings. The summed E-state index contributed by atoms with van der Waals surface area (Å²) < 4.78 is 5.12. The Hall–Kier alpha value is -1.82. The second-order valence-electron chi connectivity index (χ2n) is 4.75. The van der Waals surface area contributed by atoms with Crippen molar-refractivity contribution in [2.45, 2.75) is 19.4 Å². The summed E-state index contributed by atoms with van der Waals surface area (Å²) in [6.45, 7) is 2.67. The van der Waals surface area contributed by atoms with Gasteiger partial charge in [0.25, 0.3) is 0 Å². The Morgan fingerprint density at radius 3 is 2.89 bits per heavy atom. The van der Waals surface area contributed by atoms with Crippen LogP contribution in [0.5, 0.6) is 5.88 Å². The van der Waals surface area contributed by atoms with Gasteiger partial charge in [-0.2, -0.15) is 0 Å². The quantitative estimate of drug-likeness (QED) is 0.367. The zero-order valence-electron chi connectivity index (χ0n) is 11.1. The molecule has 0 aliphatic carbocycles. The van der Waals surface area contributed by atoms with Crippen LogP contribution in [0.1, 0.15) is 18.5 Å². The van der Waals surface area contributed by atoms with E-state index in [4.69, 9.17) is 15.7 Å². The fraction of sp³-hybridized carbons (Fsp3) is 0.538. The summed E-state index contributed by atoms with van der Waals surface area (Å²) in [7, 11) is 1.62. The Kier molecular flexibility index (Phi) is 4.57. The number of aromatic nitrogens is 1. The van der Waals surface area contributed by atoms with Crippen LogP contribution in [0, 0.1) is 5.92 Å². The lowest BCUT2D eigenvalue weighted by Crippen LogP contribution is -2.38. The number of nitrogens with zero attached hydrogens (tertiary/aromatic N) is 3. The van der Waals surface area contributed by atoms with Crippen molar-refractivity contribution in [3.8, 4) is 5.88 Å². The van der Waals surface area contributed by atoms with Gasteiger partial charge in [0.05, 0.1) is 12.8 Å². The average Bonchev–Trinajstić information content (AvgIpc) is 2.47. The lowest BCUT2D eigenvalue weighted by atomic mass is 9.96. The van der Waals surface area contributed by atoms with Crippen LogP contribution in [0.4, 0.5) is 0 Å². The molecule has 0 amide bonds. The van der Waals surface area contributed by atoms with E-state index in [0.29, 0.717) is 11.7 Å². The van der Waals surface area contributed by atoms with E-state index in [1.54, 1.807) is 7.11 Å². The van der Waals surface area contributed by atoms with Crippen LogP contribution in [0.25, 0.3) is 0 Å². The number of methoxy groups -OCH3 is 1. The second-order valence-corrected chi connectivity index (χ2v) is 4.75. The second kappa shape index (κ2) is 6.38. The maximum Gasteiger partial charge on any atom is 0.213 e. The van der Waals surface area contributed by atoms with Crippen LogP contribution in [-0.2, 0) is 6.54 Å². The SMILES string of the molecule is COc1cccc(CN2CCC(C(N)=NO)CC2)n1. The van der Waals surface area contributed by atoms with Crippen LogP contribution >= 0.6 is 0 Å². The van der Waals surface area contributed by atoms with Gasteiger partial charge < -0.3 is 15.7 Å². The molecule has 1 aromatic heterocycles. The fourth-order valence-corrected chi connectivity index (χ4v) is 2.36. The van der Waals surface area contributed by atoms with E-state index >= 15 is 0 Å². The summed E-state index contributed by atoms with van der Waals surface area (Å²) in [5.41, 5.74) is 6.64. The minimum atomic E-state index is 0.194. The molecule has 0 spiro atoms. The molecular weight excluding hydrogens is 244 g/mol. The summed E-state index contributed by atoms with van der Waals surface area (Å²) in [5.74, 6) is 1.18. The number of pyridine rings is 1. The largest absolute Gasteiger partial charge is 0.481 e. The van der Waals surface area contributed by atoms with Crippen LogP contribution in [0.3, 0.4) is 0 Å². The number of rotatable bonds is 4. The monoisotopic (exact) mass is 264 g/mol. The molecule has 0 radical (unpaired) electrons. The highest BCUT2D eigenvalue weighted by Gasteiger charge is 2.22. The van der Waals surface area contributed by atoms with Crippen molar-refractivity contribution in [2.75, 3.05) is 20.2 Å². The number of hydrogen-bond donors (Lipinski definition) is 2. The summed E-state index contributed by atoms with van der Waals surface area (Å²) in [4.78, 5) is 6.73. The molecule has 0 aromatic carbocycles. The van der Waals surface area contributed by atoms with Gasteiger partial charge in [0.2, 0.25) is 5.88 Å². The molecule has 1 aliphatic rings. The predicted octanol–water partition coefficient (Wildman–Crippen LogP) is 1.05. The van der Waals surface area contributed by atoms with Crippen LogP contribution < -0.4 is 10.5 Å².